The maximum Gasteiger partial charge on any atom is 0.174 e. The largest absolute Gasteiger partial charge is 0.380 e. The molecule has 238 valence electrons. The van der Waals surface area contributed by atoms with E-state index in [1.54, 1.807) is 6.20 Å². The predicted octanol–water partition coefficient (Wildman–Crippen LogP) is 10.0. The third kappa shape index (κ3) is 9.81. The molecule has 0 saturated heterocycles. The maximum absolute atomic E-state index is 5.91. The van der Waals surface area contributed by atoms with Crippen LogP contribution in [-0.4, -0.2) is 21.2 Å². The van der Waals surface area contributed by atoms with Crippen molar-refractivity contribution in [3.63, 3.8) is 0 Å². The number of rotatable bonds is 4. The lowest BCUT2D eigenvalue weighted by atomic mass is 9.99. The SMILES string of the molecule is CC.CC.CC(C)c1ccc(-c2ncc[nH]2)cc1.CC(C)c1ccc2c(c1)CC(N)C2.CC(C)c1cccc2c(N)noc12. The van der Waals surface area contributed by atoms with Crippen LogP contribution in [0.5, 0.6) is 0 Å². The van der Waals surface area contributed by atoms with Crippen molar-refractivity contribution in [2.24, 2.45) is 5.73 Å². The van der Waals surface area contributed by atoms with Crippen LogP contribution in [0.2, 0.25) is 0 Å². The van der Waals surface area contributed by atoms with E-state index in [0.717, 1.165) is 40.8 Å². The Hall–Kier alpha value is -3.90. The van der Waals surface area contributed by atoms with Gasteiger partial charge in [-0.05, 0) is 58.9 Å². The summed E-state index contributed by atoms with van der Waals surface area (Å²) in [6.07, 6.45) is 5.74. The van der Waals surface area contributed by atoms with E-state index in [9.17, 15) is 0 Å². The molecule has 2 aromatic heterocycles. The molecule has 0 fully saturated rings. The molecule has 6 rings (SSSR count). The highest BCUT2D eigenvalue weighted by atomic mass is 16.5. The summed E-state index contributed by atoms with van der Waals surface area (Å²) in [5.41, 5.74) is 20.4. The third-order valence-electron chi connectivity index (χ3n) is 7.39. The van der Waals surface area contributed by atoms with Gasteiger partial charge in [-0.15, -0.1) is 0 Å². The smallest absolute Gasteiger partial charge is 0.174 e. The highest BCUT2D eigenvalue weighted by molar-refractivity contribution is 5.89. The molecule has 0 radical (unpaired) electrons. The second-order valence-electron chi connectivity index (χ2n) is 11.5. The molecule has 5 N–H and O–H groups in total. The summed E-state index contributed by atoms with van der Waals surface area (Å²) in [6, 6.07) is 21.6. The zero-order chi connectivity index (χ0) is 32.8. The molecule has 2 heterocycles. The van der Waals surface area contributed by atoms with Gasteiger partial charge in [-0.3, -0.25) is 0 Å². The molecule has 1 atom stereocenters. The second-order valence-corrected chi connectivity index (χ2v) is 11.5. The van der Waals surface area contributed by atoms with Crippen LogP contribution in [-0.2, 0) is 12.8 Å². The second kappa shape index (κ2) is 18.0. The van der Waals surface area contributed by atoms with Gasteiger partial charge >= 0.3 is 0 Å². The molecule has 0 aliphatic heterocycles. The molecule has 5 aromatic rings. The minimum absolute atomic E-state index is 0.359. The van der Waals surface area contributed by atoms with Gasteiger partial charge in [0.2, 0.25) is 0 Å². The molecule has 0 saturated carbocycles. The summed E-state index contributed by atoms with van der Waals surface area (Å²) in [5.74, 6) is 3.04. The van der Waals surface area contributed by atoms with Gasteiger partial charge in [0.1, 0.15) is 5.82 Å². The number of H-pyrrole nitrogens is 1. The molecule has 0 spiro atoms. The Kier molecular flexibility index (Phi) is 14.9. The monoisotopic (exact) mass is 597 g/mol. The minimum Gasteiger partial charge on any atom is -0.380 e. The molecule has 6 heteroatoms. The lowest BCUT2D eigenvalue weighted by Gasteiger charge is -2.07. The average Bonchev–Trinajstić information content (AvgIpc) is 3.79. The molecular weight excluding hydrogens is 542 g/mol. The van der Waals surface area contributed by atoms with E-state index in [4.69, 9.17) is 16.0 Å². The number of fused-ring (bicyclic) bond motifs is 2. The summed E-state index contributed by atoms with van der Waals surface area (Å²) >= 11 is 0. The molecule has 1 aliphatic rings. The first-order valence-electron chi connectivity index (χ1n) is 16.2. The van der Waals surface area contributed by atoms with Crippen LogP contribution in [0.25, 0.3) is 22.4 Å². The number of hydrogen-bond donors (Lipinski definition) is 3. The highest BCUT2D eigenvalue weighted by Crippen LogP contribution is 2.28. The van der Waals surface area contributed by atoms with Crippen molar-refractivity contribution >= 4 is 16.8 Å². The molecule has 0 amide bonds. The predicted molar refractivity (Wildman–Crippen MR) is 189 cm³/mol. The number of hydrogen-bond acceptors (Lipinski definition) is 5. The molecular formula is C38H55N5O. The first-order chi connectivity index (χ1) is 21.1. The third-order valence-corrected chi connectivity index (χ3v) is 7.39. The quantitative estimate of drug-likeness (QED) is 0.191. The number of nitrogen functional groups attached to an aromatic ring is 1. The normalized spacial score (nSPS) is 13.2. The highest BCUT2D eigenvalue weighted by Gasteiger charge is 2.18. The number of nitrogens with one attached hydrogen (secondary N) is 1. The lowest BCUT2D eigenvalue weighted by molar-refractivity contribution is 0.457. The Bertz CT molecular complexity index is 1500. The van der Waals surface area contributed by atoms with Crippen molar-refractivity contribution in [3.8, 4) is 11.4 Å². The number of para-hydroxylation sites is 1. The van der Waals surface area contributed by atoms with Crippen LogP contribution < -0.4 is 11.5 Å². The summed E-state index contributed by atoms with van der Waals surface area (Å²) in [4.78, 5) is 7.30. The van der Waals surface area contributed by atoms with Crippen LogP contribution in [0.3, 0.4) is 0 Å². The van der Waals surface area contributed by atoms with Gasteiger partial charge in [0.15, 0.2) is 11.4 Å². The summed E-state index contributed by atoms with van der Waals surface area (Å²) in [6.45, 7) is 21.1. The van der Waals surface area contributed by atoms with Crippen LogP contribution in [0.15, 0.2) is 77.6 Å². The van der Waals surface area contributed by atoms with Gasteiger partial charge in [-0.1, -0.05) is 129 Å². The first kappa shape index (κ1) is 36.3. The van der Waals surface area contributed by atoms with Crippen LogP contribution in [0.1, 0.15) is 115 Å². The fraction of sp³-hybridized carbons (Fsp3) is 0.421. The lowest BCUT2D eigenvalue weighted by Crippen LogP contribution is -2.18. The van der Waals surface area contributed by atoms with Gasteiger partial charge in [0.05, 0.1) is 5.39 Å². The van der Waals surface area contributed by atoms with Crippen molar-refractivity contribution in [2.45, 2.75) is 106 Å². The van der Waals surface area contributed by atoms with Gasteiger partial charge < -0.3 is 21.0 Å². The number of imidazole rings is 1. The van der Waals surface area contributed by atoms with E-state index in [1.165, 1.54) is 22.3 Å². The topological polar surface area (TPSA) is 107 Å². The number of aromatic amines is 1. The van der Waals surface area contributed by atoms with Gasteiger partial charge in [0, 0.05) is 29.6 Å². The van der Waals surface area contributed by atoms with Crippen LogP contribution in [0.4, 0.5) is 5.82 Å². The molecule has 1 unspecified atom stereocenters. The van der Waals surface area contributed by atoms with Crippen LogP contribution >= 0.6 is 0 Å². The Morgan fingerprint density at radius 2 is 1.39 bits per heavy atom. The van der Waals surface area contributed by atoms with E-state index in [2.05, 4.69) is 99.1 Å². The fourth-order valence-corrected chi connectivity index (χ4v) is 4.94. The minimum atomic E-state index is 0.359. The molecule has 44 heavy (non-hydrogen) atoms. The van der Waals surface area contributed by atoms with E-state index >= 15 is 0 Å². The molecule has 0 bridgehead atoms. The first-order valence-corrected chi connectivity index (χ1v) is 16.2. The van der Waals surface area contributed by atoms with Crippen molar-refractivity contribution in [2.75, 3.05) is 5.73 Å². The van der Waals surface area contributed by atoms with Crippen molar-refractivity contribution in [1.82, 2.24) is 15.1 Å². The number of nitrogens with two attached hydrogens (primary N) is 2. The fourth-order valence-electron chi connectivity index (χ4n) is 4.94. The Morgan fingerprint density at radius 1 is 0.773 bits per heavy atom. The number of benzene rings is 3. The van der Waals surface area contributed by atoms with Gasteiger partial charge in [-0.25, -0.2) is 4.98 Å². The summed E-state index contributed by atoms with van der Waals surface area (Å²) in [7, 11) is 0. The van der Waals surface area contributed by atoms with E-state index in [1.807, 2.05) is 52.1 Å². The van der Waals surface area contributed by atoms with E-state index < -0.39 is 0 Å². The number of nitrogens with zero attached hydrogens (tertiary/aromatic N) is 2. The molecule has 6 nitrogen and oxygen atoms in total. The van der Waals surface area contributed by atoms with Crippen molar-refractivity contribution in [3.05, 3.63) is 101 Å². The Labute approximate surface area is 265 Å². The molecule has 3 aromatic carbocycles. The zero-order valence-corrected chi connectivity index (χ0v) is 28.6. The summed E-state index contributed by atoms with van der Waals surface area (Å²) < 4.78 is 5.17. The van der Waals surface area contributed by atoms with Crippen molar-refractivity contribution in [1.29, 1.82) is 0 Å². The number of anilines is 1. The molecule has 1 aliphatic carbocycles. The maximum atomic E-state index is 5.91. The Morgan fingerprint density at radius 3 is 1.95 bits per heavy atom. The zero-order valence-electron chi connectivity index (χ0n) is 28.6. The van der Waals surface area contributed by atoms with Gasteiger partial charge in [0.25, 0.3) is 0 Å². The Balaban J connectivity index is 0.000000218. The van der Waals surface area contributed by atoms with E-state index in [0.29, 0.717) is 29.6 Å². The summed E-state index contributed by atoms with van der Waals surface area (Å²) in [5, 5.41) is 4.65. The van der Waals surface area contributed by atoms with Gasteiger partial charge in [-0.2, -0.15) is 0 Å². The van der Waals surface area contributed by atoms with Crippen LogP contribution in [0, 0.1) is 0 Å². The van der Waals surface area contributed by atoms with E-state index in [-0.39, 0.29) is 0 Å². The van der Waals surface area contributed by atoms with Crippen molar-refractivity contribution < 1.29 is 4.52 Å². The standard InChI is InChI=1S/C12H14N2.C12H17N.C10H12N2O.2C2H6/c1-9(2)10-3-5-11(6-4-10)12-13-7-8-14-12;1-8(2)9-3-4-10-6-12(13)7-11(10)5-9;1-6(2)7-4-3-5-8-9(7)13-12-10(8)11;2*1-2/h3-9H,1-2H3,(H,13,14);3-5,8,12H,6-7,13H2,1-2H3;3-6H,1-2H3,(H2,11,12);2*1-2H3. The number of aromatic nitrogens is 3. The average molecular weight is 598 g/mol.